The summed E-state index contributed by atoms with van der Waals surface area (Å²) in [5, 5.41) is 0. The van der Waals surface area contributed by atoms with Gasteiger partial charge in [-0.25, -0.2) is 9.59 Å². The van der Waals surface area contributed by atoms with Gasteiger partial charge >= 0.3 is 20.7 Å². The van der Waals surface area contributed by atoms with Gasteiger partial charge in [0.2, 0.25) is 0 Å². The monoisotopic (exact) mass is 534 g/mol. The van der Waals surface area contributed by atoms with Gasteiger partial charge in [-0.15, -0.1) is 0 Å². The summed E-state index contributed by atoms with van der Waals surface area (Å²) in [6.45, 7) is 31.9. The molecule has 0 spiro atoms. The molecule has 0 radical (unpaired) electrons. The van der Waals surface area contributed by atoms with E-state index in [0.29, 0.717) is 24.6 Å². The number of hydrogen-bond donors (Lipinski definition) is 0. The van der Waals surface area contributed by atoms with Crippen molar-refractivity contribution in [3.8, 4) is 0 Å². The first-order chi connectivity index (χ1) is 14.8. The first-order valence-electron chi connectivity index (χ1n) is 11.1. The maximum absolute atomic E-state index is 11.6. The Morgan fingerprint density at radius 1 is 0.788 bits per heavy atom. The maximum atomic E-state index is 11.6. The van der Waals surface area contributed by atoms with Crippen LogP contribution >= 0.6 is 0 Å². The Hall–Kier alpha value is -1.09. The van der Waals surface area contributed by atoms with E-state index in [1.54, 1.807) is 6.92 Å². The molecule has 0 aliphatic carbocycles. The second-order valence-electron chi connectivity index (χ2n) is 10.5. The zero-order chi connectivity index (χ0) is 26.5. The van der Waals surface area contributed by atoms with Crippen LogP contribution in [0.1, 0.15) is 13.3 Å². The van der Waals surface area contributed by atoms with Crippen molar-refractivity contribution >= 4 is 45.7 Å². The fraction of sp³-hybridized carbons (Fsp3) is 0.636. The molecular formula is C22H46O7Si4. The Morgan fingerprint density at radius 3 is 1.52 bits per heavy atom. The minimum Gasteiger partial charge on any atom is -0.462 e. The highest BCUT2D eigenvalue weighted by Crippen LogP contribution is 2.29. The lowest BCUT2D eigenvalue weighted by Gasteiger charge is -2.42. The van der Waals surface area contributed by atoms with E-state index in [1.165, 1.54) is 6.08 Å². The predicted octanol–water partition coefficient (Wildman–Crippen LogP) is 5.89. The van der Waals surface area contributed by atoms with Crippen molar-refractivity contribution < 1.29 is 31.4 Å². The van der Waals surface area contributed by atoms with E-state index in [9.17, 15) is 9.59 Å². The molecule has 0 saturated carbocycles. The molecule has 0 amide bonds. The lowest BCUT2D eigenvalue weighted by Crippen LogP contribution is -2.60. The molecule has 0 N–H and O–H groups in total. The molecule has 0 atom stereocenters. The van der Waals surface area contributed by atoms with Crippen molar-refractivity contribution in [3.63, 3.8) is 0 Å². The van der Waals surface area contributed by atoms with Crippen molar-refractivity contribution in [1.82, 2.24) is 0 Å². The normalized spacial score (nSPS) is 12.2. The van der Waals surface area contributed by atoms with Crippen LogP contribution in [0.15, 0.2) is 37.5 Å². The molecule has 11 heteroatoms. The van der Waals surface area contributed by atoms with Crippen molar-refractivity contribution in [2.45, 2.75) is 78.3 Å². The summed E-state index contributed by atoms with van der Waals surface area (Å²) in [7, 11) is -8.40. The van der Waals surface area contributed by atoms with Crippen LogP contribution in [0.4, 0.5) is 0 Å². The number of hydrogen-bond acceptors (Lipinski definition) is 7. The molecule has 0 bridgehead atoms. The molecule has 0 fully saturated rings. The minimum atomic E-state index is -2.83. The standard InChI is InChI=1S/C16H38O5Si4.C6H8O2/c1-15(2)16(17)18-13-12-14-25(19-22(3,4)5,20-23(6,7)8)21-24(9,10)11;1-3-5-8-6(7)4-2/h1,12-14H2,2-11H3;3-4H,1-2,5H2. The number of esters is 2. The van der Waals surface area contributed by atoms with E-state index in [1.807, 2.05) is 0 Å². The Bertz CT molecular complexity index is 618. The summed E-state index contributed by atoms with van der Waals surface area (Å²) in [5.74, 6) is -0.763. The summed E-state index contributed by atoms with van der Waals surface area (Å²) in [5.41, 5.74) is 0.415. The van der Waals surface area contributed by atoms with Gasteiger partial charge in [0, 0.05) is 17.7 Å². The average molecular weight is 535 g/mol. The fourth-order valence-corrected chi connectivity index (χ4v) is 17.0. The Labute approximate surface area is 205 Å². The van der Waals surface area contributed by atoms with Crippen LogP contribution in [0.5, 0.6) is 0 Å². The third-order valence-corrected chi connectivity index (χ3v) is 15.2. The fourth-order valence-electron chi connectivity index (χ4n) is 2.39. The molecular weight excluding hydrogens is 489 g/mol. The van der Waals surface area contributed by atoms with Crippen LogP contribution < -0.4 is 0 Å². The van der Waals surface area contributed by atoms with Gasteiger partial charge in [0.25, 0.3) is 0 Å². The van der Waals surface area contributed by atoms with Crippen molar-refractivity contribution in [1.29, 1.82) is 0 Å². The molecule has 192 valence electrons. The quantitative estimate of drug-likeness (QED) is 0.0903. The zero-order valence-corrected chi connectivity index (χ0v) is 26.5. The molecule has 0 heterocycles. The summed E-state index contributed by atoms with van der Waals surface area (Å²) in [4.78, 5) is 21.8. The van der Waals surface area contributed by atoms with Crippen LogP contribution in [0.3, 0.4) is 0 Å². The summed E-state index contributed by atoms with van der Waals surface area (Å²) in [6, 6.07) is 0.676. The van der Waals surface area contributed by atoms with Gasteiger partial charge in [-0.05, 0) is 72.3 Å². The number of rotatable bonds is 14. The molecule has 0 aromatic heterocycles. The molecule has 0 aromatic rings. The van der Waals surface area contributed by atoms with Crippen molar-refractivity contribution in [3.05, 3.63) is 37.5 Å². The largest absolute Gasteiger partial charge is 0.469 e. The van der Waals surface area contributed by atoms with E-state index in [-0.39, 0.29) is 12.6 Å². The van der Waals surface area contributed by atoms with Crippen LogP contribution in [-0.2, 0) is 31.4 Å². The lowest BCUT2D eigenvalue weighted by molar-refractivity contribution is -0.139. The molecule has 0 aliphatic heterocycles. The molecule has 7 nitrogen and oxygen atoms in total. The first-order valence-corrected chi connectivity index (χ1v) is 23.2. The van der Waals surface area contributed by atoms with Gasteiger partial charge in [-0.2, -0.15) is 0 Å². The number of carbonyl (C=O) groups is 2. The predicted molar refractivity (Wildman–Crippen MR) is 146 cm³/mol. The maximum Gasteiger partial charge on any atom is 0.469 e. The van der Waals surface area contributed by atoms with E-state index < -0.39 is 39.7 Å². The zero-order valence-electron chi connectivity index (χ0n) is 22.5. The first kappa shape index (κ1) is 34.1. The van der Waals surface area contributed by atoms with Gasteiger partial charge < -0.3 is 21.8 Å². The van der Waals surface area contributed by atoms with Gasteiger partial charge in [-0.3, -0.25) is 0 Å². The van der Waals surface area contributed by atoms with E-state index in [2.05, 4.69) is 83.4 Å². The molecule has 0 aromatic carbocycles. The highest BCUT2D eigenvalue weighted by molar-refractivity contribution is 6.90. The van der Waals surface area contributed by atoms with Gasteiger partial charge in [0.1, 0.15) is 6.61 Å². The topological polar surface area (TPSA) is 80.3 Å². The minimum absolute atomic E-state index is 0.255. The van der Waals surface area contributed by atoms with Crippen molar-refractivity contribution in [2.24, 2.45) is 0 Å². The molecule has 33 heavy (non-hydrogen) atoms. The summed E-state index contributed by atoms with van der Waals surface area (Å²) in [6.07, 6.45) is 3.29. The van der Waals surface area contributed by atoms with E-state index in [0.717, 1.165) is 6.08 Å². The van der Waals surface area contributed by atoms with Crippen LogP contribution in [0.2, 0.25) is 65.0 Å². The highest BCUT2D eigenvalue weighted by Gasteiger charge is 2.49. The third-order valence-electron chi connectivity index (χ3n) is 3.10. The van der Waals surface area contributed by atoms with E-state index in [4.69, 9.17) is 17.1 Å². The van der Waals surface area contributed by atoms with Crippen LogP contribution in [0.25, 0.3) is 0 Å². The molecule has 0 rings (SSSR count). The van der Waals surface area contributed by atoms with E-state index >= 15 is 0 Å². The second kappa shape index (κ2) is 15.0. The molecule has 0 saturated heterocycles. The van der Waals surface area contributed by atoms with Gasteiger partial charge in [-0.1, -0.05) is 25.8 Å². The smallest absolute Gasteiger partial charge is 0.462 e. The number of ether oxygens (including phenoxy) is 2. The molecule has 0 aliphatic rings. The Kier molecular flexibility index (Phi) is 15.5. The van der Waals surface area contributed by atoms with Crippen LogP contribution in [0, 0.1) is 0 Å². The Morgan fingerprint density at radius 2 is 1.21 bits per heavy atom. The van der Waals surface area contributed by atoms with Crippen molar-refractivity contribution in [2.75, 3.05) is 13.2 Å². The highest BCUT2D eigenvalue weighted by atomic mass is 28.5. The van der Waals surface area contributed by atoms with Gasteiger partial charge in [0.15, 0.2) is 25.0 Å². The molecule has 0 unspecified atom stereocenters. The Balaban J connectivity index is 0. The van der Waals surface area contributed by atoms with Crippen LogP contribution in [-0.4, -0.2) is 58.9 Å². The SMILES string of the molecule is C=C(C)C(=O)OCCC[Si](O[Si](C)(C)C)(O[Si](C)(C)C)O[Si](C)(C)C.C=CCOC(=O)C=C. The van der Waals surface area contributed by atoms with Gasteiger partial charge in [0.05, 0.1) is 6.61 Å². The second-order valence-corrected chi connectivity index (χ2v) is 27.5. The number of carbonyl (C=O) groups excluding carboxylic acids is 2. The summed E-state index contributed by atoms with van der Waals surface area (Å²) < 4.78 is 29.4. The lowest BCUT2D eigenvalue weighted by atomic mass is 10.4. The average Bonchev–Trinajstić information content (AvgIpc) is 2.58. The summed E-state index contributed by atoms with van der Waals surface area (Å²) >= 11 is 0. The third kappa shape index (κ3) is 21.2.